The Kier molecular flexibility index (Phi) is 5.20. The van der Waals surface area contributed by atoms with Crippen molar-refractivity contribution in [3.8, 4) is 5.75 Å². The van der Waals surface area contributed by atoms with Crippen LogP contribution >= 0.6 is 0 Å². The van der Waals surface area contributed by atoms with Crippen LogP contribution < -0.4 is 4.74 Å². The third-order valence-electron chi connectivity index (χ3n) is 2.20. The summed E-state index contributed by atoms with van der Waals surface area (Å²) in [5.74, 6) is -0.285. The van der Waals surface area contributed by atoms with Crippen LogP contribution in [0.4, 0.5) is 4.39 Å². The van der Waals surface area contributed by atoms with Crippen molar-refractivity contribution in [1.29, 1.82) is 0 Å². The van der Waals surface area contributed by atoms with Gasteiger partial charge in [0.15, 0.2) is 0 Å². The van der Waals surface area contributed by atoms with E-state index in [1.807, 2.05) is 6.92 Å². The SMILES string of the molecule is CCC(=CCOc1cccc(F)c1)C(=O)OC. The van der Waals surface area contributed by atoms with Crippen molar-refractivity contribution in [2.24, 2.45) is 0 Å². The third kappa shape index (κ3) is 4.26. The lowest BCUT2D eigenvalue weighted by atomic mass is 10.2. The zero-order valence-corrected chi connectivity index (χ0v) is 9.90. The smallest absolute Gasteiger partial charge is 0.333 e. The molecule has 0 N–H and O–H groups in total. The van der Waals surface area contributed by atoms with Gasteiger partial charge >= 0.3 is 5.97 Å². The van der Waals surface area contributed by atoms with Crippen molar-refractivity contribution < 1.29 is 18.7 Å². The van der Waals surface area contributed by atoms with E-state index in [1.165, 1.54) is 19.2 Å². The molecule has 0 atom stereocenters. The summed E-state index contributed by atoms with van der Waals surface area (Å²) < 4.78 is 22.7. The van der Waals surface area contributed by atoms with E-state index < -0.39 is 0 Å². The Hall–Kier alpha value is -1.84. The highest BCUT2D eigenvalue weighted by molar-refractivity contribution is 5.88. The number of carbonyl (C=O) groups is 1. The molecule has 0 aliphatic rings. The molecule has 3 nitrogen and oxygen atoms in total. The molecule has 1 aromatic carbocycles. The molecule has 92 valence electrons. The summed E-state index contributed by atoms with van der Waals surface area (Å²) in [7, 11) is 1.33. The van der Waals surface area contributed by atoms with Gasteiger partial charge in [-0.1, -0.05) is 13.0 Å². The van der Waals surface area contributed by atoms with E-state index >= 15 is 0 Å². The molecule has 0 amide bonds. The van der Waals surface area contributed by atoms with Gasteiger partial charge in [0.25, 0.3) is 0 Å². The largest absolute Gasteiger partial charge is 0.489 e. The first kappa shape index (κ1) is 13.2. The fourth-order valence-corrected chi connectivity index (χ4v) is 1.30. The first-order valence-corrected chi connectivity index (χ1v) is 5.33. The molecule has 1 aromatic rings. The Bertz CT molecular complexity index is 413. The summed E-state index contributed by atoms with van der Waals surface area (Å²) >= 11 is 0. The molecule has 0 spiro atoms. The fourth-order valence-electron chi connectivity index (χ4n) is 1.30. The van der Waals surface area contributed by atoms with Gasteiger partial charge in [-0.05, 0) is 24.6 Å². The second-order valence-corrected chi connectivity index (χ2v) is 3.34. The molecule has 0 unspecified atom stereocenters. The predicted molar refractivity (Wildman–Crippen MR) is 62.3 cm³/mol. The molecule has 0 bridgehead atoms. The summed E-state index contributed by atoms with van der Waals surface area (Å²) in [6, 6.07) is 5.85. The summed E-state index contributed by atoms with van der Waals surface area (Å²) in [4.78, 5) is 11.2. The van der Waals surface area contributed by atoms with Crippen LogP contribution in [0.25, 0.3) is 0 Å². The maximum absolute atomic E-state index is 12.8. The molecule has 0 aliphatic heterocycles. The van der Waals surface area contributed by atoms with Crippen LogP contribution in [0.5, 0.6) is 5.75 Å². The molecule has 0 radical (unpaired) electrons. The zero-order chi connectivity index (χ0) is 12.7. The summed E-state index contributed by atoms with van der Waals surface area (Å²) in [6.07, 6.45) is 2.20. The quantitative estimate of drug-likeness (QED) is 0.584. The number of esters is 1. The minimum atomic E-state index is -0.365. The minimum absolute atomic E-state index is 0.210. The number of benzene rings is 1. The second kappa shape index (κ2) is 6.68. The average molecular weight is 238 g/mol. The molecule has 0 heterocycles. The van der Waals surface area contributed by atoms with Gasteiger partial charge in [-0.25, -0.2) is 9.18 Å². The van der Waals surface area contributed by atoms with Crippen LogP contribution in [0, 0.1) is 5.82 Å². The first-order chi connectivity index (χ1) is 8.17. The highest BCUT2D eigenvalue weighted by Crippen LogP contribution is 2.12. The third-order valence-corrected chi connectivity index (χ3v) is 2.20. The Morgan fingerprint density at radius 3 is 2.82 bits per heavy atom. The van der Waals surface area contributed by atoms with Gasteiger partial charge in [0, 0.05) is 11.6 Å². The fraction of sp³-hybridized carbons (Fsp3) is 0.308. The summed E-state index contributed by atoms with van der Waals surface area (Å²) in [5, 5.41) is 0. The molecule has 0 fully saturated rings. The Morgan fingerprint density at radius 1 is 1.47 bits per heavy atom. The minimum Gasteiger partial charge on any atom is -0.489 e. The molecule has 0 aliphatic carbocycles. The highest BCUT2D eigenvalue weighted by atomic mass is 19.1. The van der Waals surface area contributed by atoms with Crippen molar-refractivity contribution in [3.05, 3.63) is 41.7 Å². The number of methoxy groups -OCH3 is 1. The lowest BCUT2D eigenvalue weighted by molar-refractivity contribution is -0.136. The standard InChI is InChI=1S/C13H15FO3/c1-3-10(13(15)16-2)7-8-17-12-6-4-5-11(14)9-12/h4-7,9H,3,8H2,1-2H3. The van der Waals surface area contributed by atoms with Crippen LogP contribution in [0.2, 0.25) is 0 Å². The number of hydrogen-bond acceptors (Lipinski definition) is 3. The van der Waals surface area contributed by atoms with Gasteiger partial charge in [0.1, 0.15) is 18.2 Å². The van der Waals surface area contributed by atoms with E-state index in [4.69, 9.17) is 4.74 Å². The normalized spacial score (nSPS) is 11.1. The highest BCUT2D eigenvalue weighted by Gasteiger charge is 2.06. The van der Waals surface area contributed by atoms with E-state index in [0.29, 0.717) is 17.7 Å². The van der Waals surface area contributed by atoms with Crippen LogP contribution in [0.3, 0.4) is 0 Å². The summed E-state index contributed by atoms with van der Waals surface area (Å²) in [5.41, 5.74) is 0.545. The van der Waals surface area contributed by atoms with Crippen molar-refractivity contribution >= 4 is 5.97 Å². The van der Waals surface area contributed by atoms with E-state index in [9.17, 15) is 9.18 Å². The monoisotopic (exact) mass is 238 g/mol. The predicted octanol–water partition coefficient (Wildman–Crippen LogP) is 2.71. The first-order valence-electron chi connectivity index (χ1n) is 5.33. The van der Waals surface area contributed by atoms with Crippen molar-refractivity contribution in [1.82, 2.24) is 0 Å². The maximum atomic E-state index is 12.8. The molecule has 4 heteroatoms. The molecule has 1 rings (SSSR count). The number of ether oxygens (including phenoxy) is 2. The Labute approximate surface area is 99.9 Å². The molecule has 0 saturated heterocycles. The average Bonchev–Trinajstić information content (AvgIpc) is 2.34. The Balaban J connectivity index is 2.56. The maximum Gasteiger partial charge on any atom is 0.333 e. The molecular formula is C13H15FO3. The van der Waals surface area contributed by atoms with Crippen LogP contribution in [-0.2, 0) is 9.53 Å². The van der Waals surface area contributed by atoms with Gasteiger partial charge in [-0.3, -0.25) is 0 Å². The molecule has 0 aromatic heterocycles. The van der Waals surface area contributed by atoms with E-state index in [2.05, 4.69) is 4.74 Å². The molecular weight excluding hydrogens is 223 g/mol. The van der Waals surface area contributed by atoms with Gasteiger partial charge in [-0.15, -0.1) is 0 Å². The van der Waals surface area contributed by atoms with Crippen molar-refractivity contribution in [2.75, 3.05) is 13.7 Å². The van der Waals surface area contributed by atoms with Crippen molar-refractivity contribution in [2.45, 2.75) is 13.3 Å². The number of halogens is 1. The molecule has 0 saturated carbocycles. The van der Waals surface area contributed by atoms with Crippen molar-refractivity contribution in [3.63, 3.8) is 0 Å². The number of rotatable bonds is 5. The van der Waals surface area contributed by atoms with E-state index in [0.717, 1.165) is 0 Å². The van der Waals surface area contributed by atoms with E-state index in [-0.39, 0.29) is 18.4 Å². The zero-order valence-electron chi connectivity index (χ0n) is 9.90. The summed E-state index contributed by atoms with van der Waals surface area (Å²) in [6.45, 7) is 2.06. The van der Waals surface area contributed by atoms with Crippen LogP contribution in [0.1, 0.15) is 13.3 Å². The Morgan fingerprint density at radius 2 is 2.24 bits per heavy atom. The van der Waals surface area contributed by atoms with Crippen LogP contribution in [-0.4, -0.2) is 19.7 Å². The van der Waals surface area contributed by atoms with Crippen LogP contribution in [0.15, 0.2) is 35.9 Å². The van der Waals surface area contributed by atoms with Gasteiger partial charge in [-0.2, -0.15) is 0 Å². The van der Waals surface area contributed by atoms with E-state index in [1.54, 1.807) is 18.2 Å². The lowest BCUT2D eigenvalue weighted by Gasteiger charge is -2.05. The number of hydrogen-bond donors (Lipinski definition) is 0. The topological polar surface area (TPSA) is 35.5 Å². The van der Waals surface area contributed by atoms with Gasteiger partial charge < -0.3 is 9.47 Å². The van der Waals surface area contributed by atoms with Gasteiger partial charge in [0.2, 0.25) is 0 Å². The number of carbonyl (C=O) groups excluding carboxylic acids is 1. The lowest BCUT2D eigenvalue weighted by Crippen LogP contribution is -2.06. The second-order valence-electron chi connectivity index (χ2n) is 3.34. The molecule has 17 heavy (non-hydrogen) atoms. The van der Waals surface area contributed by atoms with Gasteiger partial charge in [0.05, 0.1) is 7.11 Å².